The first-order valence-electron chi connectivity index (χ1n) is 15.7. The van der Waals surface area contributed by atoms with Gasteiger partial charge < -0.3 is 4.42 Å². The monoisotopic (exact) mass is 601 g/mol. The van der Waals surface area contributed by atoms with Gasteiger partial charge >= 0.3 is 0 Å². The number of fused-ring (bicyclic) bond motifs is 5. The van der Waals surface area contributed by atoms with Crippen LogP contribution in [0.15, 0.2) is 168 Å². The Balaban J connectivity index is 1.15. The average molecular weight is 602 g/mol. The van der Waals surface area contributed by atoms with Crippen LogP contribution in [0.3, 0.4) is 0 Å². The lowest BCUT2D eigenvalue weighted by molar-refractivity contribution is 0.670. The Bertz CT molecular complexity index is 2510. The van der Waals surface area contributed by atoms with E-state index in [0.717, 1.165) is 60.9 Å². The summed E-state index contributed by atoms with van der Waals surface area (Å²) < 4.78 is 6.54. The number of benzene rings is 7. The van der Waals surface area contributed by atoms with Gasteiger partial charge in [0.1, 0.15) is 11.2 Å². The first-order valence-corrected chi connectivity index (χ1v) is 15.7. The molecule has 7 aromatic carbocycles. The van der Waals surface area contributed by atoms with E-state index in [2.05, 4.69) is 103 Å². The van der Waals surface area contributed by atoms with Gasteiger partial charge in [-0.05, 0) is 45.7 Å². The Kier molecular flexibility index (Phi) is 6.43. The van der Waals surface area contributed by atoms with E-state index in [4.69, 9.17) is 19.4 Å². The molecule has 2 heterocycles. The second-order valence-corrected chi connectivity index (χ2v) is 11.6. The molecule has 0 unspecified atom stereocenters. The molecule has 9 aromatic rings. The second kappa shape index (κ2) is 11.2. The molecule has 0 fully saturated rings. The molecule has 9 rings (SSSR count). The van der Waals surface area contributed by atoms with E-state index in [-0.39, 0.29) is 0 Å². The second-order valence-electron chi connectivity index (χ2n) is 11.6. The highest BCUT2D eigenvalue weighted by molar-refractivity contribution is 6.20. The molecule has 0 N–H and O–H groups in total. The number of hydrogen-bond acceptors (Lipinski definition) is 4. The van der Waals surface area contributed by atoms with Crippen LogP contribution in [0.25, 0.3) is 89.1 Å². The van der Waals surface area contributed by atoms with E-state index < -0.39 is 0 Å². The van der Waals surface area contributed by atoms with Gasteiger partial charge in [0.05, 0.1) is 0 Å². The Hall–Kier alpha value is -6.39. The van der Waals surface area contributed by atoms with E-state index in [9.17, 15) is 0 Å². The number of hydrogen-bond donors (Lipinski definition) is 0. The van der Waals surface area contributed by atoms with Gasteiger partial charge in [0.2, 0.25) is 0 Å². The van der Waals surface area contributed by atoms with Crippen LogP contribution in [0.2, 0.25) is 0 Å². The van der Waals surface area contributed by atoms with Crippen LogP contribution >= 0.6 is 0 Å². The van der Waals surface area contributed by atoms with Crippen molar-refractivity contribution in [3.05, 3.63) is 164 Å². The van der Waals surface area contributed by atoms with Crippen molar-refractivity contribution in [1.82, 2.24) is 15.0 Å². The lowest BCUT2D eigenvalue weighted by Gasteiger charge is -2.10. The molecule has 0 aliphatic rings. The quantitative estimate of drug-likeness (QED) is 0.197. The average Bonchev–Trinajstić information content (AvgIpc) is 3.55. The molecule has 2 aromatic heterocycles. The molecule has 0 saturated heterocycles. The Morgan fingerprint density at radius 2 is 0.872 bits per heavy atom. The molecular formula is C43H27N3O. The summed E-state index contributed by atoms with van der Waals surface area (Å²) in [6, 6.07) is 56.3. The van der Waals surface area contributed by atoms with Gasteiger partial charge in [0.15, 0.2) is 17.5 Å². The number of aromatic nitrogens is 3. The Morgan fingerprint density at radius 1 is 0.362 bits per heavy atom. The minimum atomic E-state index is 0.634. The maximum atomic E-state index is 6.54. The van der Waals surface area contributed by atoms with Crippen molar-refractivity contribution in [2.45, 2.75) is 0 Å². The predicted molar refractivity (Wildman–Crippen MR) is 192 cm³/mol. The summed E-state index contributed by atoms with van der Waals surface area (Å²) in [5.74, 6) is 1.93. The largest absolute Gasteiger partial charge is 0.455 e. The van der Waals surface area contributed by atoms with Gasteiger partial charge in [-0.15, -0.1) is 0 Å². The van der Waals surface area contributed by atoms with E-state index >= 15 is 0 Å². The summed E-state index contributed by atoms with van der Waals surface area (Å²) >= 11 is 0. The van der Waals surface area contributed by atoms with Crippen molar-refractivity contribution < 1.29 is 4.42 Å². The van der Waals surface area contributed by atoms with Crippen LogP contribution < -0.4 is 0 Å². The van der Waals surface area contributed by atoms with Crippen LogP contribution in [0.4, 0.5) is 0 Å². The summed E-state index contributed by atoms with van der Waals surface area (Å²) in [4.78, 5) is 14.7. The van der Waals surface area contributed by atoms with E-state index in [0.29, 0.717) is 17.5 Å². The van der Waals surface area contributed by atoms with E-state index in [1.54, 1.807) is 0 Å². The minimum absolute atomic E-state index is 0.634. The van der Waals surface area contributed by atoms with Crippen molar-refractivity contribution in [3.63, 3.8) is 0 Å². The van der Waals surface area contributed by atoms with Crippen LogP contribution in [0.1, 0.15) is 0 Å². The zero-order chi connectivity index (χ0) is 31.2. The van der Waals surface area contributed by atoms with Crippen LogP contribution in [-0.4, -0.2) is 15.0 Å². The van der Waals surface area contributed by atoms with E-state index in [1.807, 2.05) is 60.7 Å². The normalized spacial score (nSPS) is 11.4. The third-order valence-corrected chi connectivity index (χ3v) is 8.71. The molecule has 4 heteroatoms. The summed E-state index contributed by atoms with van der Waals surface area (Å²) in [7, 11) is 0. The number of nitrogens with zero attached hydrogens (tertiary/aromatic N) is 3. The lowest BCUT2D eigenvalue weighted by atomic mass is 9.96. The summed E-state index contributed by atoms with van der Waals surface area (Å²) in [5, 5.41) is 4.70. The fraction of sp³-hybridized carbons (Fsp3) is 0. The van der Waals surface area contributed by atoms with Gasteiger partial charge in [0, 0.05) is 33.0 Å². The first kappa shape index (κ1) is 27.0. The highest BCUT2D eigenvalue weighted by atomic mass is 16.3. The summed E-state index contributed by atoms with van der Waals surface area (Å²) in [5.41, 5.74) is 8.97. The smallest absolute Gasteiger partial charge is 0.164 e. The van der Waals surface area contributed by atoms with Crippen LogP contribution in [0.5, 0.6) is 0 Å². The fourth-order valence-electron chi connectivity index (χ4n) is 6.44. The van der Waals surface area contributed by atoms with Crippen molar-refractivity contribution in [3.8, 4) is 56.4 Å². The highest BCUT2D eigenvalue weighted by Gasteiger charge is 2.16. The predicted octanol–water partition coefficient (Wildman–Crippen LogP) is 11.3. The SMILES string of the molecule is c1ccc(-c2nc(-c3ccccc3)nc(-c3cccc(-c4cccc(-c5cccc6c5oc5ccc7ccccc7c56)c4)c3)n2)cc1. The third-order valence-electron chi connectivity index (χ3n) is 8.71. The highest BCUT2D eigenvalue weighted by Crippen LogP contribution is 2.40. The van der Waals surface area contributed by atoms with Gasteiger partial charge in [-0.2, -0.15) is 0 Å². The Morgan fingerprint density at radius 3 is 1.57 bits per heavy atom. The van der Waals surface area contributed by atoms with Crippen molar-refractivity contribution >= 4 is 32.7 Å². The molecule has 0 aliphatic carbocycles. The third kappa shape index (κ3) is 4.84. The molecule has 0 atom stereocenters. The number of furan rings is 1. The zero-order valence-corrected chi connectivity index (χ0v) is 25.3. The summed E-state index contributed by atoms with van der Waals surface area (Å²) in [6.07, 6.45) is 0. The minimum Gasteiger partial charge on any atom is -0.455 e. The molecule has 0 amide bonds. The Labute approximate surface area is 271 Å². The maximum Gasteiger partial charge on any atom is 0.164 e. The summed E-state index contributed by atoms with van der Waals surface area (Å²) in [6.45, 7) is 0. The van der Waals surface area contributed by atoms with Crippen molar-refractivity contribution in [1.29, 1.82) is 0 Å². The standard InChI is InChI=1S/C43H27N3O/c1-3-13-29(14-4-1)41-44-42(30-15-5-2-6-16-30)46-43(45-41)34-20-10-18-32(27-34)31-17-9-19-33(26-31)36-22-11-23-37-39-35-21-8-7-12-28(35)24-25-38(39)47-40(36)37/h1-27H. The number of rotatable bonds is 5. The first-order chi connectivity index (χ1) is 23.3. The molecular weight excluding hydrogens is 574 g/mol. The molecule has 0 aliphatic heterocycles. The maximum absolute atomic E-state index is 6.54. The molecule has 0 radical (unpaired) electrons. The molecule has 0 saturated carbocycles. The van der Waals surface area contributed by atoms with Gasteiger partial charge in [-0.1, -0.05) is 146 Å². The molecule has 220 valence electrons. The van der Waals surface area contributed by atoms with Gasteiger partial charge in [-0.25, -0.2) is 15.0 Å². The number of para-hydroxylation sites is 1. The molecule has 0 spiro atoms. The van der Waals surface area contributed by atoms with Crippen molar-refractivity contribution in [2.75, 3.05) is 0 Å². The van der Waals surface area contributed by atoms with Gasteiger partial charge in [0.25, 0.3) is 0 Å². The van der Waals surface area contributed by atoms with Crippen LogP contribution in [-0.2, 0) is 0 Å². The van der Waals surface area contributed by atoms with Crippen molar-refractivity contribution in [2.24, 2.45) is 0 Å². The van der Waals surface area contributed by atoms with Crippen LogP contribution in [0, 0.1) is 0 Å². The zero-order valence-electron chi connectivity index (χ0n) is 25.3. The molecule has 47 heavy (non-hydrogen) atoms. The van der Waals surface area contributed by atoms with Gasteiger partial charge in [-0.3, -0.25) is 0 Å². The molecule has 4 nitrogen and oxygen atoms in total. The topological polar surface area (TPSA) is 51.8 Å². The van der Waals surface area contributed by atoms with E-state index in [1.165, 1.54) is 10.8 Å². The molecule has 0 bridgehead atoms. The fourth-order valence-corrected chi connectivity index (χ4v) is 6.44. The lowest BCUT2D eigenvalue weighted by Crippen LogP contribution is -2.00.